The van der Waals surface area contributed by atoms with E-state index in [-0.39, 0.29) is 50.0 Å². The van der Waals surface area contributed by atoms with Crippen LogP contribution >= 0.6 is 23.2 Å². The first kappa shape index (κ1) is 31.3. The molecule has 2 amide bonds. The average Bonchev–Trinajstić information content (AvgIpc) is 2.87. The number of carbonyl (C=O) groups is 3. The van der Waals surface area contributed by atoms with Gasteiger partial charge in [0.15, 0.2) is 12.7 Å². The van der Waals surface area contributed by atoms with Crippen LogP contribution < -0.4 is 25.0 Å². The number of aliphatic hydroxyl groups is 1. The van der Waals surface area contributed by atoms with Crippen molar-refractivity contribution < 1.29 is 38.1 Å². The van der Waals surface area contributed by atoms with Crippen LogP contribution in [-0.2, 0) is 19.1 Å². The largest absolute Gasteiger partial charge is 0.484 e. The van der Waals surface area contributed by atoms with E-state index in [1.807, 2.05) is 0 Å². The quantitative estimate of drug-likeness (QED) is 0.336. The Bertz CT molecular complexity index is 1230. The van der Waals surface area contributed by atoms with E-state index in [2.05, 4.69) is 10.6 Å². The maximum Gasteiger partial charge on any atom is 0.326 e. The van der Waals surface area contributed by atoms with Crippen LogP contribution in [0.25, 0.3) is 0 Å². The number of rotatable bonds is 11. The Morgan fingerprint density at radius 2 is 1.93 bits per heavy atom. The number of aliphatic hydroxyl groups excluding tert-OH is 1. The van der Waals surface area contributed by atoms with Crippen molar-refractivity contribution in [2.75, 3.05) is 37.7 Å². The Labute approximate surface area is 241 Å². The minimum Gasteiger partial charge on any atom is -0.484 e. The number of nitrogens with one attached hydrogen (secondary N) is 2. The van der Waals surface area contributed by atoms with Crippen molar-refractivity contribution in [3.05, 3.63) is 52.3 Å². The first-order chi connectivity index (χ1) is 18.8. The molecule has 2 atom stereocenters. The van der Waals surface area contributed by atoms with Crippen molar-refractivity contribution in [1.82, 2.24) is 10.6 Å². The van der Waals surface area contributed by atoms with Gasteiger partial charge in [0, 0.05) is 24.2 Å². The molecular weight excluding hydrogens is 568 g/mol. The SMILES string of the molecule is CC(C)(C)OC(=O)CN1C[C@@H](C(=O)NCC[C@@H](O)CNC(=O)COc2ccc(Cl)c(F)c2)Oc2ccc(Cl)cc21. The summed E-state index contributed by atoms with van der Waals surface area (Å²) in [5.74, 6) is -1.55. The molecule has 13 heteroatoms. The molecule has 1 aliphatic rings. The number of esters is 1. The standard InChI is InChI=1S/C27H32Cl2FN3O7/c1-27(2,3)40-25(36)14-33-13-23(39-22-7-4-16(28)10-21(22)33)26(37)31-9-8-17(34)12-32-24(35)15-38-18-5-6-19(29)20(30)11-18/h4-7,10-11,17,23,34H,8-9,12-15H2,1-3H3,(H,31,37)(H,32,35)/t17-,23+/m1/s1. The van der Waals surface area contributed by atoms with Gasteiger partial charge in [-0.3, -0.25) is 14.4 Å². The Morgan fingerprint density at radius 3 is 2.62 bits per heavy atom. The lowest BCUT2D eigenvalue weighted by Gasteiger charge is -2.35. The topological polar surface area (TPSA) is 126 Å². The van der Waals surface area contributed by atoms with Gasteiger partial charge in [-0.2, -0.15) is 0 Å². The molecule has 218 valence electrons. The van der Waals surface area contributed by atoms with Crippen LogP contribution in [0.4, 0.5) is 10.1 Å². The van der Waals surface area contributed by atoms with Crippen molar-refractivity contribution in [1.29, 1.82) is 0 Å². The number of benzene rings is 2. The second-order valence-corrected chi connectivity index (χ2v) is 10.9. The number of hydrogen-bond donors (Lipinski definition) is 3. The van der Waals surface area contributed by atoms with E-state index in [1.54, 1.807) is 43.9 Å². The van der Waals surface area contributed by atoms with Crippen molar-refractivity contribution >= 4 is 46.7 Å². The summed E-state index contributed by atoms with van der Waals surface area (Å²) in [6, 6.07) is 8.70. The zero-order valence-electron chi connectivity index (χ0n) is 22.3. The number of hydrogen-bond acceptors (Lipinski definition) is 8. The molecule has 1 aliphatic heterocycles. The minimum absolute atomic E-state index is 0.0603. The van der Waals surface area contributed by atoms with Crippen LogP contribution in [0.3, 0.4) is 0 Å². The van der Waals surface area contributed by atoms with Gasteiger partial charge in [0.05, 0.1) is 23.4 Å². The molecule has 0 bridgehead atoms. The second kappa shape index (κ2) is 13.9. The lowest BCUT2D eigenvalue weighted by molar-refractivity contribution is -0.153. The van der Waals surface area contributed by atoms with E-state index in [0.717, 1.165) is 6.07 Å². The third kappa shape index (κ3) is 9.72. The highest BCUT2D eigenvalue weighted by molar-refractivity contribution is 6.31. The van der Waals surface area contributed by atoms with Crippen LogP contribution in [0.2, 0.25) is 10.0 Å². The third-order valence-corrected chi connectivity index (χ3v) is 6.06. The maximum atomic E-state index is 13.4. The van der Waals surface area contributed by atoms with Crippen molar-refractivity contribution in [2.45, 2.75) is 45.0 Å². The Hall–Kier alpha value is -3.28. The number of nitrogens with zero attached hydrogens (tertiary/aromatic N) is 1. The van der Waals surface area contributed by atoms with Gasteiger partial charge >= 0.3 is 5.97 Å². The summed E-state index contributed by atoms with van der Waals surface area (Å²) in [7, 11) is 0. The van der Waals surface area contributed by atoms with Crippen molar-refractivity contribution in [2.24, 2.45) is 0 Å². The van der Waals surface area contributed by atoms with Gasteiger partial charge in [-0.05, 0) is 57.5 Å². The zero-order chi connectivity index (χ0) is 29.4. The fourth-order valence-corrected chi connectivity index (χ4v) is 4.00. The molecule has 0 radical (unpaired) electrons. The van der Waals surface area contributed by atoms with Gasteiger partial charge in [0.25, 0.3) is 11.8 Å². The Morgan fingerprint density at radius 1 is 1.18 bits per heavy atom. The van der Waals surface area contributed by atoms with E-state index in [4.69, 9.17) is 37.4 Å². The smallest absolute Gasteiger partial charge is 0.326 e. The summed E-state index contributed by atoms with van der Waals surface area (Å²) in [5.41, 5.74) is -0.0976. The number of carbonyl (C=O) groups excluding carboxylic acids is 3. The number of anilines is 1. The molecule has 0 unspecified atom stereocenters. The van der Waals surface area contributed by atoms with Crippen LogP contribution in [0, 0.1) is 5.82 Å². The number of amides is 2. The molecule has 40 heavy (non-hydrogen) atoms. The summed E-state index contributed by atoms with van der Waals surface area (Å²) in [6.45, 7) is 4.92. The van der Waals surface area contributed by atoms with Gasteiger partial charge in [-0.1, -0.05) is 23.2 Å². The number of ether oxygens (including phenoxy) is 3. The lowest BCUT2D eigenvalue weighted by atomic mass is 10.1. The van der Waals surface area contributed by atoms with E-state index in [0.29, 0.717) is 16.5 Å². The summed E-state index contributed by atoms with van der Waals surface area (Å²) >= 11 is 11.7. The second-order valence-electron chi connectivity index (χ2n) is 10.1. The van der Waals surface area contributed by atoms with Crippen LogP contribution in [0.1, 0.15) is 27.2 Å². The molecule has 0 aromatic heterocycles. The fraction of sp³-hybridized carbons (Fsp3) is 0.444. The maximum absolute atomic E-state index is 13.4. The molecule has 1 heterocycles. The highest BCUT2D eigenvalue weighted by atomic mass is 35.5. The molecule has 2 aromatic rings. The van der Waals surface area contributed by atoms with E-state index >= 15 is 0 Å². The normalized spacial score (nSPS) is 15.4. The molecule has 0 spiro atoms. The summed E-state index contributed by atoms with van der Waals surface area (Å²) in [6.07, 6.45) is -1.73. The Kier molecular flexibility index (Phi) is 10.8. The predicted molar refractivity (Wildman–Crippen MR) is 147 cm³/mol. The molecule has 0 saturated heterocycles. The monoisotopic (exact) mass is 599 g/mol. The van der Waals surface area contributed by atoms with E-state index < -0.39 is 41.4 Å². The fourth-order valence-electron chi connectivity index (χ4n) is 3.72. The molecule has 0 saturated carbocycles. The Balaban J connectivity index is 1.44. The first-order valence-electron chi connectivity index (χ1n) is 12.5. The zero-order valence-corrected chi connectivity index (χ0v) is 23.9. The van der Waals surface area contributed by atoms with E-state index in [9.17, 15) is 23.9 Å². The molecule has 10 nitrogen and oxygen atoms in total. The van der Waals surface area contributed by atoms with Gasteiger partial charge in [-0.15, -0.1) is 0 Å². The van der Waals surface area contributed by atoms with Gasteiger partial charge < -0.3 is 34.9 Å². The molecule has 0 fully saturated rings. The summed E-state index contributed by atoms with van der Waals surface area (Å²) < 4.78 is 29.9. The van der Waals surface area contributed by atoms with Crippen LogP contribution in [-0.4, -0.2) is 73.5 Å². The highest BCUT2D eigenvalue weighted by Gasteiger charge is 2.33. The molecule has 0 aliphatic carbocycles. The van der Waals surface area contributed by atoms with Gasteiger partial charge in [-0.25, -0.2) is 4.39 Å². The number of halogens is 3. The first-order valence-corrected chi connectivity index (χ1v) is 13.3. The number of fused-ring (bicyclic) bond motifs is 1. The molecule has 3 rings (SSSR count). The minimum atomic E-state index is -0.948. The van der Waals surface area contributed by atoms with E-state index in [1.165, 1.54) is 12.1 Å². The van der Waals surface area contributed by atoms with Crippen LogP contribution in [0.5, 0.6) is 11.5 Å². The summed E-state index contributed by atoms with van der Waals surface area (Å²) in [5, 5.41) is 15.8. The van der Waals surface area contributed by atoms with Gasteiger partial charge in [0.2, 0.25) is 0 Å². The van der Waals surface area contributed by atoms with Crippen molar-refractivity contribution in [3.63, 3.8) is 0 Å². The molecular formula is C27H32Cl2FN3O7. The molecule has 3 N–H and O–H groups in total. The lowest BCUT2D eigenvalue weighted by Crippen LogP contribution is -2.51. The summed E-state index contributed by atoms with van der Waals surface area (Å²) in [4.78, 5) is 39.0. The van der Waals surface area contributed by atoms with Crippen LogP contribution in [0.15, 0.2) is 36.4 Å². The highest BCUT2D eigenvalue weighted by Crippen LogP contribution is 2.35. The van der Waals surface area contributed by atoms with Crippen molar-refractivity contribution in [3.8, 4) is 11.5 Å². The third-order valence-electron chi connectivity index (χ3n) is 5.52. The molecule has 2 aromatic carbocycles. The predicted octanol–water partition coefficient (Wildman–Crippen LogP) is 3.10. The van der Waals surface area contributed by atoms with Gasteiger partial charge in [0.1, 0.15) is 29.5 Å². The average molecular weight is 600 g/mol.